The number of benzene rings is 1. The molecule has 6 nitrogen and oxygen atoms in total. The molecule has 1 amide bonds. The normalized spacial score (nSPS) is 12.1. The van der Waals surface area contributed by atoms with E-state index in [1.807, 2.05) is 20.8 Å². The molecule has 1 atom stereocenters. The van der Waals surface area contributed by atoms with Gasteiger partial charge in [-0.25, -0.2) is 0 Å². The zero-order valence-corrected chi connectivity index (χ0v) is 12.3. The van der Waals surface area contributed by atoms with Crippen LogP contribution < -0.4 is 10.1 Å². The predicted molar refractivity (Wildman–Crippen MR) is 76.0 cm³/mol. The molecule has 0 fully saturated rings. The van der Waals surface area contributed by atoms with Crippen LogP contribution in [0.25, 0.3) is 0 Å². The molecule has 0 heterocycles. The second-order valence-corrected chi connectivity index (χ2v) is 5.17. The summed E-state index contributed by atoms with van der Waals surface area (Å²) in [7, 11) is 0. The number of ether oxygens (including phenoxy) is 1. The summed E-state index contributed by atoms with van der Waals surface area (Å²) in [5, 5.41) is 13.4. The second-order valence-electron chi connectivity index (χ2n) is 4.76. The molecule has 0 unspecified atom stereocenters. The Labute approximate surface area is 122 Å². The quantitative estimate of drug-likeness (QED) is 0.647. The molecule has 0 radical (unpaired) electrons. The molecule has 110 valence electrons. The molecule has 0 spiro atoms. The first-order valence-electron chi connectivity index (χ1n) is 6.17. The Morgan fingerprint density at radius 2 is 2.10 bits per heavy atom. The SMILES string of the molecule is CC(C)[C@H](C)NC(=O)COc1ccc([N+](=O)[O-])cc1Cl. The van der Waals surface area contributed by atoms with Gasteiger partial charge in [-0.05, 0) is 18.9 Å². The van der Waals surface area contributed by atoms with Crippen LogP contribution in [0.4, 0.5) is 5.69 Å². The van der Waals surface area contributed by atoms with Gasteiger partial charge in [0.15, 0.2) is 6.61 Å². The number of nitrogens with zero attached hydrogens (tertiary/aromatic N) is 1. The molecular weight excluding hydrogens is 284 g/mol. The number of non-ortho nitro benzene ring substituents is 1. The van der Waals surface area contributed by atoms with Crippen molar-refractivity contribution in [3.63, 3.8) is 0 Å². The fourth-order valence-electron chi connectivity index (χ4n) is 1.33. The topological polar surface area (TPSA) is 81.5 Å². The van der Waals surface area contributed by atoms with Crippen molar-refractivity contribution in [3.05, 3.63) is 33.3 Å². The Balaban J connectivity index is 2.58. The first kappa shape index (κ1) is 16.2. The van der Waals surface area contributed by atoms with Crippen LogP contribution in [-0.2, 0) is 4.79 Å². The van der Waals surface area contributed by atoms with Crippen LogP contribution >= 0.6 is 11.6 Å². The van der Waals surface area contributed by atoms with Gasteiger partial charge in [0.1, 0.15) is 5.75 Å². The van der Waals surface area contributed by atoms with E-state index in [0.717, 1.165) is 0 Å². The van der Waals surface area contributed by atoms with Gasteiger partial charge in [-0.2, -0.15) is 0 Å². The third-order valence-electron chi connectivity index (χ3n) is 2.87. The average Bonchev–Trinajstić information content (AvgIpc) is 2.36. The van der Waals surface area contributed by atoms with E-state index in [2.05, 4.69) is 5.32 Å². The van der Waals surface area contributed by atoms with Gasteiger partial charge in [0, 0.05) is 18.2 Å². The number of nitro groups is 1. The van der Waals surface area contributed by atoms with Crippen LogP contribution in [0.3, 0.4) is 0 Å². The highest BCUT2D eigenvalue weighted by Crippen LogP contribution is 2.28. The molecule has 7 heteroatoms. The summed E-state index contributed by atoms with van der Waals surface area (Å²) in [4.78, 5) is 21.6. The van der Waals surface area contributed by atoms with E-state index in [-0.39, 0.29) is 35.0 Å². The van der Waals surface area contributed by atoms with Crippen molar-refractivity contribution in [2.24, 2.45) is 5.92 Å². The van der Waals surface area contributed by atoms with Gasteiger partial charge in [-0.1, -0.05) is 25.4 Å². The lowest BCUT2D eigenvalue weighted by Gasteiger charge is -2.17. The number of carbonyl (C=O) groups is 1. The molecule has 0 saturated heterocycles. The standard InChI is InChI=1S/C13H17ClN2O4/c1-8(2)9(3)15-13(17)7-20-12-5-4-10(16(18)19)6-11(12)14/h4-6,8-9H,7H2,1-3H3,(H,15,17)/t9-/m0/s1. The molecule has 1 aromatic rings. The van der Waals surface area contributed by atoms with Gasteiger partial charge in [-0.3, -0.25) is 14.9 Å². The molecule has 0 aliphatic carbocycles. The maximum absolute atomic E-state index is 11.6. The first-order chi connectivity index (χ1) is 9.31. The zero-order valence-electron chi connectivity index (χ0n) is 11.6. The number of hydrogen-bond donors (Lipinski definition) is 1. The van der Waals surface area contributed by atoms with Gasteiger partial charge < -0.3 is 10.1 Å². The first-order valence-corrected chi connectivity index (χ1v) is 6.55. The number of rotatable bonds is 6. The van der Waals surface area contributed by atoms with Crippen LogP contribution in [0.1, 0.15) is 20.8 Å². The Bertz CT molecular complexity index is 505. The van der Waals surface area contributed by atoms with Crippen LogP contribution in [0.5, 0.6) is 5.75 Å². The van der Waals surface area contributed by atoms with Crippen LogP contribution in [-0.4, -0.2) is 23.5 Å². The third-order valence-corrected chi connectivity index (χ3v) is 3.17. The molecule has 0 bridgehead atoms. The lowest BCUT2D eigenvalue weighted by Crippen LogP contribution is -2.38. The maximum Gasteiger partial charge on any atom is 0.271 e. The second kappa shape index (κ2) is 7.09. The van der Waals surface area contributed by atoms with E-state index in [0.29, 0.717) is 5.92 Å². The fraction of sp³-hybridized carbons (Fsp3) is 0.462. The van der Waals surface area contributed by atoms with E-state index in [4.69, 9.17) is 16.3 Å². The highest BCUT2D eigenvalue weighted by molar-refractivity contribution is 6.32. The molecule has 20 heavy (non-hydrogen) atoms. The van der Waals surface area contributed by atoms with Gasteiger partial charge in [0.25, 0.3) is 11.6 Å². The number of carbonyl (C=O) groups excluding carboxylic acids is 1. The summed E-state index contributed by atoms with van der Waals surface area (Å²) < 4.78 is 5.25. The van der Waals surface area contributed by atoms with Crippen molar-refractivity contribution in [1.29, 1.82) is 0 Å². The zero-order chi connectivity index (χ0) is 15.3. The number of nitro benzene ring substituents is 1. The molecule has 0 aromatic heterocycles. The summed E-state index contributed by atoms with van der Waals surface area (Å²) in [5.74, 6) is 0.298. The van der Waals surface area contributed by atoms with Crippen LogP contribution in [0.15, 0.2) is 18.2 Å². The highest BCUT2D eigenvalue weighted by atomic mass is 35.5. The largest absolute Gasteiger partial charge is 0.482 e. The van der Waals surface area contributed by atoms with Gasteiger partial charge in [-0.15, -0.1) is 0 Å². The van der Waals surface area contributed by atoms with E-state index < -0.39 is 4.92 Å². The Kier molecular flexibility index (Phi) is 5.76. The average molecular weight is 301 g/mol. The molecule has 0 saturated carbocycles. The lowest BCUT2D eigenvalue weighted by atomic mass is 10.1. The number of hydrogen-bond acceptors (Lipinski definition) is 4. The molecular formula is C13H17ClN2O4. The molecule has 1 aromatic carbocycles. The molecule has 1 N–H and O–H groups in total. The lowest BCUT2D eigenvalue weighted by molar-refractivity contribution is -0.384. The molecule has 1 rings (SSSR count). The smallest absolute Gasteiger partial charge is 0.271 e. The highest BCUT2D eigenvalue weighted by Gasteiger charge is 2.13. The van der Waals surface area contributed by atoms with Crippen molar-refractivity contribution in [2.45, 2.75) is 26.8 Å². The van der Waals surface area contributed by atoms with E-state index >= 15 is 0 Å². The van der Waals surface area contributed by atoms with Gasteiger partial charge >= 0.3 is 0 Å². The van der Waals surface area contributed by atoms with Crippen LogP contribution in [0, 0.1) is 16.0 Å². The summed E-state index contributed by atoms with van der Waals surface area (Å²) in [6.45, 7) is 5.72. The van der Waals surface area contributed by atoms with Crippen molar-refractivity contribution >= 4 is 23.2 Å². The van der Waals surface area contributed by atoms with E-state index in [1.54, 1.807) is 0 Å². The fourth-order valence-corrected chi connectivity index (χ4v) is 1.56. The number of halogens is 1. The van der Waals surface area contributed by atoms with Crippen LogP contribution in [0.2, 0.25) is 5.02 Å². The minimum absolute atomic E-state index is 0.0402. The van der Waals surface area contributed by atoms with Gasteiger partial charge in [0.2, 0.25) is 0 Å². The van der Waals surface area contributed by atoms with Crippen molar-refractivity contribution in [3.8, 4) is 5.75 Å². The molecule has 0 aliphatic heterocycles. The molecule has 0 aliphatic rings. The number of nitrogens with one attached hydrogen (secondary N) is 1. The Morgan fingerprint density at radius 3 is 2.60 bits per heavy atom. The van der Waals surface area contributed by atoms with Crippen molar-refractivity contribution < 1.29 is 14.5 Å². The third kappa shape index (κ3) is 4.70. The summed E-state index contributed by atoms with van der Waals surface area (Å²) in [6, 6.07) is 3.87. The monoisotopic (exact) mass is 300 g/mol. The summed E-state index contributed by atoms with van der Waals surface area (Å²) >= 11 is 5.85. The Hall–Kier alpha value is -1.82. The Morgan fingerprint density at radius 1 is 1.45 bits per heavy atom. The van der Waals surface area contributed by atoms with E-state index in [1.165, 1.54) is 18.2 Å². The minimum atomic E-state index is -0.549. The summed E-state index contributed by atoms with van der Waals surface area (Å²) in [5.41, 5.74) is -0.125. The van der Waals surface area contributed by atoms with Crippen molar-refractivity contribution in [1.82, 2.24) is 5.32 Å². The number of amides is 1. The minimum Gasteiger partial charge on any atom is -0.482 e. The maximum atomic E-state index is 11.6. The van der Waals surface area contributed by atoms with Gasteiger partial charge in [0.05, 0.1) is 9.95 Å². The summed E-state index contributed by atoms with van der Waals surface area (Å²) in [6.07, 6.45) is 0. The van der Waals surface area contributed by atoms with E-state index in [9.17, 15) is 14.9 Å². The predicted octanol–water partition coefficient (Wildman–Crippen LogP) is 2.79. The van der Waals surface area contributed by atoms with Crippen molar-refractivity contribution in [2.75, 3.05) is 6.61 Å².